The molecule has 2 aliphatic rings. The molecule has 0 unspecified atom stereocenters. The standard InChI is InChI=1S/C15H18BrF3N2/c16-13-4-3-11(9-12(13)15(17,18)19)21-8-7-20-14(10-21)5-1-2-6-14/h3-4,9,20H,1-2,5-8,10H2. The van der Waals surface area contributed by atoms with Crippen molar-refractivity contribution in [3.63, 3.8) is 0 Å². The molecule has 1 heterocycles. The molecule has 1 spiro atoms. The van der Waals surface area contributed by atoms with Crippen molar-refractivity contribution in [2.24, 2.45) is 0 Å². The fourth-order valence-corrected chi connectivity index (χ4v) is 3.96. The second kappa shape index (κ2) is 5.47. The van der Waals surface area contributed by atoms with Crippen molar-refractivity contribution >= 4 is 21.6 Å². The van der Waals surface area contributed by atoms with Crippen LogP contribution >= 0.6 is 15.9 Å². The van der Waals surface area contributed by atoms with E-state index in [4.69, 9.17) is 0 Å². The van der Waals surface area contributed by atoms with Crippen LogP contribution in [0, 0.1) is 0 Å². The van der Waals surface area contributed by atoms with Crippen molar-refractivity contribution in [2.75, 3.05) is 24.5 Å². The van der Waals surface area contributed by atoms with Crippen molar-refractivity contribution in [1.29, 1.82) is 0 Å². The van der Waals surface area contributed by atoms with Gasteiger partial charge in [0, 0.05) is 35.3 Å². The first-order chi connectivity index (χ1) is 9.90. The summed E-state index contributed by atoms with van der Waals surface area (Å²) in [6, 6.07) is 4.53. The Balaban J connectivity index is 1.86. The van der Waals surface area contributed by atoms with Crippen LogP contribution in [0.25, 0.3) is 0 Å². The number of anilines is 1. The van der Waals surface area contributed by atoms with E-state index in [9.17, 15) is 13.2 Å². The molecule has 3 rings (SSSR count). The lowest BCUT2D eigenvalue weighted by Gasteiger charge is -2.43. The first-order valence-electron chi connectivity index (χ1n) is 7.26. The van der Waals surface area contributed by atoms with Gasteiger partial charge in [0.05, 0.1) is 5.56 Å². The number of alkyl halides is 3. The Morgan fingerprint density at radius 1 is 1.19 bits per heavy atom. The van der Waals surface area contributed by atoms with Gasteiger partial charge in [-0.05, 0) is 31.0 Å². The van der Waals surface area contributed by atoms with Crippen LogP contribution in [0.4, 0.5) is 18.9 Å². The number of rotatable bonds is 1. The minimum atomic E-state index is -4.33. The van der Waals surface area contributed by atoms with E-state index >= 15 is 0 Å². The zero-order valence-electron chi connectivity index (χ0n) is 11.6. The van der Waals surface area contributed by atoms with Crippen molar-refractivity contribution < 1.29 is 13.2 Å². The summed E-state index contributed by atoms with van der Waals surface area (Å²) in [6.07, 6.45) is 0.316. The molecule has 0 amide bonds. The van der Waals surface area contributed by atoms with Crippen molar-refractivity contribution in [3.05, 3.63) is 28.2 Å². The third kappa shape index (κ3) is 3.06. The number of nitrogens with zero attached hydrogens (tertiary/aromatic N) is 1. The summed E-state index contributed by atoms with van der Waals surface area (Å²) in [4.78, 5) is 2.09. The van der Waals surface area contributed by atoms with Gasteiger partial charge in [0.2, 0.25) is 0 Å². The number of hydrogen-bond acceptors (Lipinski definition) is 2. The third-order valence-electron chi connectivity index (χ3n) is 4.56. The number of piperazine rings is 1. The minimum absolute atomic E-state index is 0.101. The molecule has 1 aliphatic carbocycles. The lowest BCUT2D eigenvalue weighted by molar-refractivity contribution is -0.138. The van der Waals surface area contributed by atoms with E-state index in [1.807, 2.05) is 0 Å². The highest BCUT2D eigenvalue weighted by molar-refractivity contribution is 9.10. The maximum atomic E-state index is 13.0. The number of hydrogen-bond donors (Lipinski definition) is 1. The van der Waals surface area contributed by atoms with Crippen molar-refractivity contribution in [1.82, 2.24) is 5.32 Å². The van der Waals surface area contributed by atoms with Gasteiger partial charge in [-0.15, -0.1) is 0 Å². The van der Waals surface area contributed by atoms with Crippen LogP contribution in [-0.2, 0) is 6.18 Å². The van der Waals surface area contributed by atoms with E-state index in [1.54, 1.807) is 6.07 Å². The van der Waals surface area contributed by atoms with Crippen LogP contribution in [0.3, 0.4) is 0 Å². The molecule has 1 aliphatic heterocycles. The predicted molar refractivity (Wildman–Crippen MR) is 80.6 cm³/mol. The van der Waals surface area contributed by atoms with Gasteiger partial charge in [-0.3, -0.25) is 0 Å². The van der Waals surface area contributed by atoms with Gasteiger partial charge in [0.25, 0.3) is 0 Å². The van der Waals surface area contributed by atoms with E-state index in [0.29, 0.717) is 5.69 Å². The summed E-state index contributed by atoms with van der Waals surface area (Å²) < 4.78 is 39.2. The summed E-state index contributed by atoms with van der Waals surface area (Å²) in [6.45, 7) is 2.38. The summed E-state index contributed by atoms with van der Waals surface area (Å²) >= 11 is 3.00. The molecule has 2 nitrogen and oxygen atoms in total. The fraction of sp³-hybridized carbons (Fsp3) is 0.600. The van der Waals surface area contributed by atoms with Gasteiger partial charge in [-0.25, -0.2) is 0 Å². The Hall–Kier alpha value is -0.750. The Bertz CT molecular complexity index is 524. The molecular weight excluding hydrogens is 345 g/mol. The normalized spacial score (nSPS) is 22.0. The van der Waals surface area contributed by atoms with E-state index in [0.717, 1.165) is 32.5 Å². The maximum absolute atomic E-state index is 13.0. The minimum Gasteiger partial charge on any atom is -0.368 e. The summed E-state index contributed by atoms with van der Waals surface area (Å²) in [7, 11) is 0. The molecule has 1 aromatic carbocycles. The quantitative estimate of drug-likeness (QED) is 0.805. The third-order valence-corrected chi connectivity index (χ3v) is 5.25. The highest BCUT2D eigenvalue weighted by Gasteiger charge is 2.38. The largest absolute Gasteiger partial charge is 0.417 e. The van der Waals surface area contributed by atoms with Crippen LogP contribution in [0.1, 0.15) is 31.2 Å². The Morgan fingerprint density at radius 3 is 2.57 bits per heavy atom. The Labute approximate surface area is 130 Å². The molecule has 0 bridgehead atoms. The molecule has 0 aromatic heterocycles. The SMILES string of the molecule is FC(F)(F)c1cc(N2CCNC3(CCCC3)C2)ccc1Br. The van der Waals surface area contributed by atoms with Gasteiger partial charge < -0.3 is 10.2 Å². The van der Waals surface area contributed by atoms with E-state index in [1.165, 1.54) is 25.0 Å². The second-order valence-electron chi connectivity index (χ2n) is 6.00. The van der Waals surface area contributed by atoms with Crippen LogP contribution in [-0.4, -0.2) is 25.2 Å². The van der Waals surface area contributed by atoms with Crippen LogP contribution in [0.15, 0.2) is 22.7 Å². The molecule has 2 fully saturated rings. The van der Waals surface area contributed by atoms with E-state index < -0.39 is 11.7 Å². The predicted octanol–water partition coefficient (Wildman–Crippen LogP) is 4.19. The molecule has 1 saturated carbocycles. The van der Waals surface area contributed by atoms with Gasteiger partial charge in [0.1, 0.15) is 0 Å². The van der Waals surface area contributed by atoms with Crippen LogP contribution in [0.2, 0.25) is 0 Å². The number of benzene rings is 1. The monoisotopic (exact) mass is 362 g/mol. The second-order valence-corrected chi connectivity index (χ2v) is 6.85. The molecule has 21 heavy (non-hydrogen) atoms. The zero-order chi connectivity index (χ0) is 15.1. The molecular formula is C15H18BrF3N2. The lowest BCUT2D eigenvalue weighted by atomic mass is 9.94. The first-order valence-corrected chi connectivity index (χ1v) is 8.06. The average molecular weight is 363 g/mol. The average Bonchev–Trinajstić information content (AvgIpc) is 2.86. The summed E-state index contributed by atoms with van der Waals surface area (Å²) in [5, 5.41) is 3.58. The topological polar surface area (TPSA) is 15.3 Å². The molecule has 1 aromatic rings. The molecule has 0 radical (unpaired) electrons. The van der Waals surface area contributed by atoms with Gasteiger partial charge in [-0.2, -0.15) is 13.2 Å². The zero-order valence-corrected chi connectivity index (χ0v) is 13.2. The Morgan fingerprint density at radius 2 is 1.90 bits per heavy atom. The lowest BCUT2D eigenvalue weighted by Crippen LogP contribution is -2.59. The fourth-order valence-electron chi connectivity index (χ4n) is 3.49. The van der Waals surface area contributed by atoms with Gasteiger partial charge in [-0.1, -0.05) is 28.8 Å². The highest BCUT2D eigenvalue weighted by atomic mass is 79.9. The van der Waals surface area contributed by atoms with Crippen LogP contribution < -0.4 is 10.2 Å². The van der Waals surface area contributed by atoms with E-state index in [-0.39, 0.29) is 10.0 Å². The van der Waals surface area contributed by atoms with Crippen molar-refractivity contribution in [2.45, 2.75) is 37.4 Å². The maximum Gasteiger partial charge on any atom is 0.417 e. The van der Waals surface area contributed by atoms with E-state index in [2.05, 4.69) is 26.1 Å². The van der Waals surface area contributed by atoms with Crippen LogP contribution in [0.5, 0.6) is 0 Å². The van der Waals surface area contributed by atoms with Gasteiger partial charge >= 0.3 is 6.18 Å². The van der Waals surface area contributed by atoms with Crippen molar-refractivity contribution in [3.8, 4) is 0 Å². The number of halogens is 4. The summed E-state index contributed by atoms with van der Waals surface area (Å²) in [5.41, 5.74) is 0.168. The first kappa shape index (κ1) is 15.2. The molecule has 6 heteroatoms. The number of nitrogens with one attached hydrogen (secondary N) is 1. The summed E-state index contributed by atoms with van der Waals surface area (Å²) in [5.74, 6) is 0. The Kier molecular flexibility index (Phi) is 3.94. The molecule has 0 atom stereocenters. The molecule has 1 N–H and O–H groups in total. The smallest absolute Gasteiger partial charge is 0.368 e. The van der Waals surface area contributed by atoms with Gasteiger partial charge in [0.15, 0.2) is 0 Å². The highest BCUT2D eigenvalue weighted by Crippen LogP contribution is 2.38. The molecule has 1 saturated heterocycles. The molecule has 116 valence electrons.